The second kappa shape index (κ2) is 2.71. The third kappa shape index (κ3) is 1.00. The summed E-state index contributed by atoms with van der Waals surface area (Å²) in [5, 5.41) is 4.47. The lowest BCUT2D eigenvalue weighted by Gasteiger charge is -2.14. The van der Waals surface area contributed by atoms with Gasteiger partial charge >= 0.3 is 0 Å². The molecule has 1 aliphatic carbocycles. The SMILES string of the molecule is Cn1cc2c(n1)CCc1ccccc1-2. The third-order valence-corrected chi connectivity index (χ3v) is 2.84. The first kappa shape index (κ1) is 7.80. The summed E-state index contributed by atoms with van der Waals surface area (Å²) in [4.78, 5) is 0. The van der Waals surface area contributed by atoms with Gasteiger partial charge in [-0.15, -0.1) is 0 Å². The molecule has 0 N–H and O–H groups in total. The zero-order valence-corrected chi connectivity index (χ0v) is 8.20. The molecular formula is C12H12N2. The van der Waals surface area contributed by atoms with E-state index in [1.54, 1.807) is 0 Å². The van der Waals surface area contributed by atoms with Crippen molar-refractivity contribution < 1.29 is 0 Å². The lowest BCUT2D eigenvalue weighted by atomic mass is 9.90. The minimum absolute atomic E-state index is 1.08. The highest BCUT2D eigenvalue weighted by atomic mass is 15.2. The number of rotatable bonds is 0. The largest absolute Gasteiger partial charge is 0.275 e. The van der Waals surface area contributed by atoms with Crippen LogP contribution in [0.2, 0.25) is 0 Å². The van der Waals surface area contributed by atoms with Gasteiger partial charge in [-0.05, 0) is 24.0 Å². The van der Waals surface area contributed by atoms with Gasteiger partial charge in [-0.3, -0.25) is 4.68 Å². The van der Waals surface area contributed by atoms with Crippen molar-refractivity contribution in [1.82, 2.24) is 9.78 Å². The zero-order chi connectivity index (χ0) is 9.54. The predicted octanol–water partition coefficient (Wildman–Crippen LogP) is 2.19. The minimum Gasteiger partial charge on any atom is -0.275 e. The van der Waals surface area contributed by atoms with E-state index in [4.69, 9.17) is 0 Å². The fraction of sp³-hybridized carbons (Fsp3) is 0.250. The van der Waals surface area contributed by atoms with Crippen molar-refractivity contribution in [2.75, 3.05) is 0 Å². The lowest BCUT2D eigenvalue weighted by Crippen LogP contribution is -2.02. The first-order valence-corrected chi connectivity index (χ1v) is 4.95. The van der Waals surface area contributed by atoms with E-state index in [-0.39, 0.29) is 0 Å². The molecule has 70 valence electrons. The quantitative estimate of drug-likeness (QED) is 0.613. The summed E-state index contributed by atoms with van der Waals surface area (Å²) in [6, 6.07) is 8.61. The van der Waals surface area contributed by atoms with Gasteiger partial charge in [-0.25, -0.2) is 0 Å². The van der Waals surface area contributed by atoms with Crippen LogP contribution in [0.4, 0.5) is 0 Å². The smallest absolute Gasteiger partial charge is 0.0706 e. The topological polar surface area (TPSA) is 17.8 Å². The van der Waals surface area contributed by atoms with Gasteiger partial charge in [-0.2, -0.15) is 5.10 Å². The summed E-state index contributed by atoms with van der Waals surface area (Å²) in [5.74, 6) is 0. The van der Waals surface area contributed by atoms with E-state index in [0.717, 1.165) is 12.8 Å². The molecular weight excluding hydrogens is 172 g/mol. The van der Waals surface area contributed by atoms with Gasteiger partial charge in [0, 0.05) is 18.8 Å². The van der Waals surface area contributed by atoms with Gasteiger partial charge in [0.15, 0.2) is 0 Å². The van der Waals surface area contributed by atoms with Crippen LogP contribution in [0.3, 0.4) is 0 Å². The number of nitrogens with zero attached hydrogens (tertiary/aromatic N) is 2. The van der Waals surface area contributed by atoms with Crippen molar-refractivity contribution in [2.24, 2.45) is 7.05 Å². The first-order chi connectivity index (χ1) is 6.84. The van der Waals surface area contributed by atoms with E-state index < -0.39 is 0 Å². The van der Waals surface area contributed by atoms with E-state index in [2.05, 4.69) is 35.6 Å². The summed E-state index contributed by atoms with van der Waals surface area (Å²) < 4.78 is 1.91. The van der Waals surface area contributed by atoms with Crippen molar-refractivity contribution in [1.29, 1.82) is 0 Å². The Balaban J connectivity index is 2.28. The van der Waals surface area contributed by atoms with Crippen LogP contribution in [0, 0.1) is 0 Å². The van der Waals surface area contributed by atoms with Gasteiger partial charge in [0.25, 0.3) is 0 Å². The van der Waals surface area contributed by atoms with Crippen molar-refractivity contribution >= 4 is 0 Å². The molecule has 0 atom stereocenters. The molecule has 0 aliphatic heterocycles. The molecule has 0 amide bonds. The van der Waals surface area contributed by atoms with E-state index in [1.165, 1.54) is 22.4 Å². The van der Waals surface area contributed by atoms with Crippen molar-refractivity contribution in [3.8, 4) is 11.1 Å². The van der Waals surface area contributed by atoms with Crippen LogP contribution in [-0.2, 0) is 19.9 Å². The maximum absolute atomic E-state index is 4.47. The molecule has 2 nitrogen and oxygen atoms in total. The van der Waals surface area contributed by atoms with Crippen LogP contribution >= 0.6 is 0 Å². The highest BCUT2D eigenvalue weighted by molar-refractivity contribution is 5.71. The molecule has 14 heavy (non-hydrogen) atoms. The minimum atomic E-state index is 1.08. The Morgan fingerprint density at radius 1 is 1.14 bits per heavy atom. The summed E-state index contributed by atoms with van der Waals surface area (Å²) in [5.41, 5.74) is 5.37. The molecule has 3 rings (SSSR count). The predicted molar refractivity (Wildman–Crippen MR) is 56.1 cm³/mol. The molecule has 0 saturated carbocycles. The number of aryl methyl sites for hydroxylation is 3. The molecule has 0 saturated heterocycles. The van der Waals surface area contributed by atoms with Gasteiger partial charge < -0.3 is 0 Å². The van der Waals surface area contributed by atoms with Crippen LogP contribution in [0.1, 0.15) is 11.3 Å². The van der Waals surface area contributed by atoms with Crippen LogP contribution in [0.15, 0.2) is 30.5 Å². The molecule has 0 unspecified atom stereocenters. The molecule has 0 bridgehead atoms. The number of aromatic nitrogens is 2. The van der Waals surface area contributed by atoms with Gasteiger partial charge in [-0.1, -0.05) is 24.3 Å². The fourth-order valence-corrected chi connectivity index (χ4v) is 2.20. The zero-order valence-electron chi connectivity index (χ0n) is 8.20. The van der Waals surface area contributed by atoms with Crippen molar-refractivity contribution in [3.63, 3.8) is 0 Å². The van der Waals surface area contributed by atoms with E-state index in [9.17, 15) is 0 Å². The Bertz CT molecular complexity index is 483. The number of fused-ring (bicyclic) bond motifs is 3. The maximum atomic E-state index is 4.47. The molecule has 2 heteroatoms. The van der Waals surface area contributed by atoms with E-state index >= 15 is 0 Å². The molecule has 0 spiro atoms. The van der Waals surface area contributed by atoms with Crippen LogP contribution in [0.25, 0.3) is 11.1 Å². The van der Waals surface area contributed by atoms with Crippen LogP contribution in [-0.4, -0.2) is 9.78 Å². The molecule has 0 radical (unpaired) electrons. The molecule has 0 fully saturated rings. The van der Waals surface area contributed by atoms with E-state index in [1.807, 2.05) is 11.7 Å². The van der Waals surface area contributed by atoms with Gasteiger partial charge in [0.1, 0.15) is 0 Å². The van der Waals surface area contributed by atoms with Crippen molar-refractivity contribution in [3.05, 3.63) is 41.7 Å². The second-order valence-electron chi connectivity index (χ2n) is 3.82. The lowest BCUT2D eigenvalue weighted by molar-refractivity contribution is 0.737. The Labute approximate surface area is 83.2 Å². The summed E-state index contributed by atoms with van der Waals surface area (Å²) >= 11 is 0. The Hall–Kier alpha value is -1.57. The molecule has 1 aliphatic rings. The molecule has 1 aromatic heterocycles. The standard InChI is InChI=1S/C12H12N2/c1-14-8-11-10-5-3-2-4-9(10)6-7-12(11)13-14/h2-5,8H,6-7H2,1H3. The molecule has 2 aromatic rings. The summed E-state index contributed by atoms with van der Waals surface area (Å²) in [7, 11) is 1.99. The van der Waals surface area contributed by atoms with Gasteiger partial charge in [0.2, 0.25) is 0 Å². The molecule has 1 heterocycles. The summed E-state index contributed by atoms with van der Waals surface area (Å²) in [6.45, 7) is 0. The maximum Gasteiger partial charge on any atom is 0.0706 e. The number of benzene rings is 1. The Kier molecular flexibility index (Phi) is 1.51. The normalized spacial score (nSPS) is 13.5. The Morgan fingerprint density at radius 3 is 2.93 bits per heavy atom. The van der Waals surface area contributed by atoms with E-state index in [0.29, 0.717) is 0 Å². The second-order valence-corrected chi connectivity index (χ2v) is 3.82. The highest BCUT2D eigenvalue weighted by Gasteiger charge is 2.17. The Morgan fingerprint density at radius 2 is 2.00 bits per heavy atom. The van der Waals surface area contributed by atoms with Crippen LogP contribution < -0.4 is 0 Å². The van der Waals surface area contributed by atoms with Gasteiger partial charge in [0.05, 0.1) is 5.69 Å². The average Bonchev–Trinajstić information content (AvgIpc) is 2.59. The van der Waals surface area contributed by atoms with Crippen molar-refractivity contribution in [2.45, 2.75) is 12.8 Å². The highest BCUT2D eigenvalue weighted by Crippen LogP contribution is 2.31. The number of hydrogen-bond acceptors (Lipinski definition) is 1. The third-order valence-electron chi connectivity index (χ3n) is 2.84. The monoisotopic (exact) mass is 184 g/mol. The van der Waals surface area contributed by atoms with Crippen LogP contribution in [0.5, 0.6) is 0 Å². The number of hydrogen-bond donors (Lipinski definition) is 0. The average molecular weight is 184 g/mol. The molecule has 1 aromatic carbocycles. The summed E-state index contributed by atoms with van der Waals surface area (Å²) in [6.07, 6.45) is 4.32. The first-order valence-electron chi connectivity index (χ1n) is 4.95. The fourth-order valence-electron chi connectivity index (χ4n) is 2.20.